The van der Waals surface area contributed by atoms with Gasteiger partial charge in [0.15, 0.2) is 0 Å². The Bertz CT molecular complexity index is 878. The molecule has 0 bridgehead atoms. The number of benzene rings is 1. The minimum absolute atomic E-state index is 0.0845. The predicted octanol–water partition coefficient (Wildman–Crippen LogP) is 1.96. The van der Waals surface area contributed by atoms with Gasteiger partial charge >= 0.3 is 0 Å². The van der Waals surface area contributed by atoms with Crippen molar-refractivity contribution in [3.8, 4) is 0 Å². The molecular weight excluding hydrogens is 374 g/mol. The van der Waals surface area contributed by atoms with Crippen LogP contribution in [0.1, 0.15) is 36.8 Å². The van der Waals surface area contributed by atoms with Crippen molar-refractivity contribution < 1.29 is 13.2 Å². The number of hydrogen-bond acceptors (Lipinski definition) is 4. The van der Waals surface area contributed by atoms with Crippen LogP contribution in [0.15, 0.2) is 28.7 Å². The first-order valence-corrected chi connectivity index (χ1v) is 11.7. The van der Waals surface area contributed by atoms with E-state index in [0.29, 0.717) is 24.4 Å². The SMILES string of the molecule is CN1CCN(C(=O)C2=Cc3cc(S(=O)(=O)N4CCCCCC4)ccc3C2)CC1. The lowest BCUT2D eigenvalue weighted by Gasteiger charge is -2.32. The number of hydrogen-bond donors (Lipinski definition) is 0. The van der Waals surface area contributed by atoms with Crippen LogP contribution in [0.25, 0.3) is 6.08 Å². The number of fused-ring (bicyclic) bond motifs is 1. The standard InChI is InChI=1S/C21H29N3O3S/c1-22-10-12-23(13-11-22)21(25)19-14-17-6-7-20(16-18(17)15-19)28(26,27)24-8-4-2-3-5-9-24/h6-7,15-16H,2-5,8-14H2,1H3. The molecule has 6 nitrogen and oxygen atoms in total. The first-order chi connectivity index (χ1) is 13.4. The fourth-order valence-corrected chi connectivity index (χ4v) is 5.81. The zero-order chi connectivity index (χ0) is 19.7. The molecule has 2 fully saturated rings. The lowest BCUT2D eigenvalue weighted by Crippen LogP contribution is -2.47. The average Bonchev–Trinajstić information content (AvgIpc) is 2.91. The van der Waals surface area contributed by atoms with E-state index in [9.17, 15) is 13.2 Å². The van der Waals surface area contributed by atoms with E-state index in [4.69, 9.17) is 0 Å². The number of amides is 1. The fraction of sp³-hybridized carbons (Fsp3) is 0.571. The summed E-state index contributed by atoms with van der Waals surface area (Å²) in [6.07, 6.45) is 6.51. The second-order valence-electron chi connectivity index (χ2n) is 8.12. The number of carbonyl (C=O) groups excluding carboxylic acids is 1. The summed E-state index contributed by atoms with van der Waals surface area (Å²) in [6.45, 7) is 4.48. The summed E-state index contributed by atoms with van der Waals surface area (Å²) in [5, 5.41) is 0. The van der Waals surface area contributed by atoms with Gasteiger partial charge in [-0.05, 0) is 49.2 Å². The molecule has 2 aliphatic heterocycles. The molecule has 0 spiro atoms. The van der Waals surface area contributed by atoms with E-state index in [1.165, 1.54) is 0 Å². The van der Waals surface area contributed by atoms with Gasteiger partial charge in [-0.25, -0.2) is 8.42 Å². The lowest BCUT2D eigenvalue weighted by atomic mass is 10.1. The lowest BCUT2D eigenvalue weighted by molar-refractivity contribution is -0.128. The molecule has 0 radical (unpaired) electrons. The summed E-state index contributed by atoms with van der Waals surface area (Å²) in [4.78, 5) is 17.3. The molecule has 3 aliphatic rings. The van der Waals surface area contributed by atoms with Gasteiger partial charge in [0.05, 0.1) is 4.90 Å². The highest BCUT2D eigenvalue weighted by Gasteiger charge is 2.29. The second kappa shape index (κ2) is 7.97. The number of rotatable bonds is 3. The van der Waals surface area contributed by atoms with Gasteiger partial charge in [0, 0.05) is 51.3 Å². The van der Waals surface area contributed by atoms with E-state index < -0.39 is 10.0 Å². The van der Waals surface area contributed by atoms with Crippen molar-refractivity contribution in [3.63, 3.8) is 0 Å². The molecule has 1 aromatic carbocycles. The molecule has 4 rings (SSSR count). The normalized spacial score (nSPS) is 21.9. The van der Waals surface area contributed by atoms with Crippen LogP contribution in [0.3, 0.4) is 0 Å². The van der Waals surface area contributed by atoms with Gasteiger partial charge in [0.25, 0.3) is 0 Å². The number of likely N-dealkylation sites (N-methyl/N-ethyl adjacent to an activating group) is 1. The van der Waals surface area contributed by atoms with E-state index in [-0.39, 0.29) is 5.91 Å². The zero-order valence-corrected chi connectivity index (χ0v) is 17.4. The molecule has 0 aromatic heterocycles. The van der Waals surface area contributed by atoms with Gasteiger partial charge < -0.3 is 9.80 Å². The van der Waals surface area contributed by atoms with Gasteiger partial charge in [-0.15, -0.1) is 0 Å². The molecule has 1 amide bonds. The third-order valence-corrected chi connectivity index (χ3v) is 7.99. The maximum atomic E-state index is 13.1. The highest BCUT2D eigenvalue weighted by molar-refractivity contribution is 7.89. The topological polar surface area (TPSA) is 60.9 Å². The Hall–Kier alpha value is -1.70. The van der Waals surface area contributed by atoms with Crippen molar-refractivity contribution in [1.82, 2.24) is 14.1 Å². The summed E-state index contributed by atoms with van der Waals surface area (Å²) in [5.74, 6) is 0.0845. The van der Waals surface area contributed by atoms with Crippen LogP contribution in [0.5, 0.6) is 0 Å². The Kier molecular flexibility index (Phi) is 5.58. The molecule has 0 unspecified atom stereocenters. The summed E-state index contributed by atoms with van der Waals surface area (Å²) >= 11 is 0. The van der Waals surface area contributed by atoms with Gasteiger partial charge in [0.1, 0.15) is 0 Å². The zero-order valence-electron chi connectivity index (χ0n) is 16.6. The van der Waals surface area contributed by atoms with E-state index in [0.717, 1.165) is 68.6 Å². The minimum Gasteiger partial charge on any atom is -0.336 e. The molecule has 1 aromatic rings. The molecule has 152 valence electrons. The Morgan fingerprint density at radius 2 is 1.61 bits per heavy atom. The highest BCUT2D eigenvalue weighted by atomic mass is 32.2. The van der Waals surface area contributed by atoms with E-state index in [1.807, 2.05) is 17.0 Å². The average molecular weight is 404 g/mol. The highest BCUT2D eigenvalue weighted by Crippen LogP contribution is 2.30. The maximum Gasteiger partial charge on any atom is 0.250 e. The van der Waals surface area contributed by atoms with E-state index >= 15 is 0 Å². The van der Waals surface area contributed by atoms with Crippen LogP contribution < -0.4 is 0 Å². The van der Waals surface area contributed by atoms with E-state index in [1.54, 1.807) is 16.4 Å². The first-order valence-electron chi connectivity index (χ1n) is 10.3. The first kappa shape index (κ1) is 19.6. The van der Waals surface area contributed by atoms with Crippen LogP contribution >= 0.6 is 0 Å². The molecule has 1 aliphatic carbocycles. The molecule has 2 heterocycles. The van der Waals surface area contributed by atoms with Gasteiger partial charge in [-0.1, -0.05) is 18.9 Å². The number of sulfonamides is 1. The van der Waals surface area contributed by atoms with Crippen molar-refractivity contribution >= 4 is 22.0 Å². The number of carbonyl (C=O) groups is 1. The monoisotopic (exact) mass is 403 g/mol. The van der Waals surface area contributed by atoms with Crippen LogP contribution in [0.2, 0.25) is 0 Å². The van der Waals surface area contributed by atoms with Gasteiger partial charge in [-0.3, -0.25) is 4.79 Å². The van der Waals surface area contributed by atoms with Crippen molar-refractivity contribution in [3.05, 3.63) is 34.9 Å². The molecule has 0 atom stereocenters. The van der Waals surface area contributed by atoms with Crippen LogP contribution in [0.4, 0.5) is 0 Å². The quantitative estimate of drug-likeness (QED) is 0.774. The fourth-order valence-electron chi connectivity index (χ4n) is 4.25. The Morgan fingerprint density at radius 3 is 2.29 bits per heavy atom. The van der Waals surface area contributed by atoms with Crippen molar-refractivity contribution in [2.45, 2.75) is 37.0 Å². The summed E-state index contributed by atoms with van der Waals surface area (Å²) in [5.41, 5.74) is 2.67. The van der Waals surface area contributed by atoms with Gasteiger partial charge in [0.2, 0.25) is 15.9 Å². The number of piperazine rings is 1. The van der Waals surface area contributed by atoms with Crippen LogP contribution in [-0.4, -0.2) is 74.7 Å². The number of nitrogens with zero attached hydrogens (tertiary/aromatic N) is 3. The molecule has 0 N–H and O–H groups in total. The van der Waals surface area contributed by atoms with E-state index in [2.05, 4.69) is 11.9 Å². The van der Waals surface area contributed by atoms with Crippen molar-refractivity contribution in [1.29, 1.82) is 0 Å². The smallest absolute Gasteiger partial charge is 0.250 e. The second-order valence-corrected chi connectivity index (χ2v) is 10.1. The molecule has 0 saturated carbocycles. The third-order valence-electron chi connectivity index (χ3n) is 6.10. The molecule has 2 saturated heterocycles. The van der Waals surface area contributed by atoms with Crippen molar-refractivity contribution in [2.75, 3.05) is 46.3 Å². The summed E-state index contributed by atoms with van der Waals surface area (Å²) in [7, 11) is -1.40. The Morgan fingerprint density at radius 1 is 0.929 bits per heavy atom. The van der Waals surface area contributed by atoms with Gasteiger partial charge in [-0.2, -0.15) is 4.31 Å². The molecular formula is C21H29N3O3S. The molecule has 7 heteroatoms. The van der Waals surface area contributed by atoms with Crippen molar-refractivity contribution in [2.24, 2.45) is 0 Å². The summed E-state index contributed by atoms with van der Waals surface area (Å²) in [6, 6.07) is 5.33. The van der Waals surface area contributed by atoms with Crippen LogP contribution in [0, 0.1) is 0 Å². The Labute approximate surface area is 167 Å². The maximum absolute atomic E-state index is 13.1. The Balaban J connectivity index is 1.53. The summed E-state index contributed by atoms with van der Waals surface area (Å²) < 4.78 is 27.7. The predicted molar refractivity (Wildman–Crippen MR) is 109 cm³/mol. The minimum atomic E-state index is -3.47. The largest absolute Gasteiger partial charge is 0.336 e. The third kappa shape index (κ3) is 3.88. The van der Waals surface area contributed by atoms with Crippen LogP contribution in [-0.2, 0) is 21.2 Å². The molecule has 28 heavy (non-hydrogen) atoms.